The summed E-state index contributed by atoms with van der Waals surface area (Å²) in [6, 6.07) is 9.68. The van der Waals surface area contributed by atoms with Crippen LogP contribution in [-0.2, 0) is 0 Å². The van der Waals surface area contributed by atoms with Crippen LogP contribution in [-0.4, -0.2) is 15.1 Å². The molecule has 0 aliphatic heterocycles. The van der Waals surface area contributed by atoms with Crippen LogP contribution >= 0.6 is 11.3 Å². The van der Waals surface area contributed by atoms with Gasteiger partial charge < -0.3 is 5.11 Å². The average Bonchev–Trinajstić information content (AvgIpc) is 2.98. The smallest absolute Gasteiger partial charge is 0.123 e. The molecule has 1 N–H and O–H groups in total. The zero-order chi connectivity index (χ0) is 13.9. The van der Waals surface area contributed by atoms with Gasteiger partial charge in [-0.15, -0.1) is 11.3 Å². The van der Waals surface area contributed by atoms with E-state index in [1.807, 2.05) is 0 Å². The van der Waals surface area contributed by atoms with Gasteiger partial charge in [-0.25, -0.2) is 9.37 Å². The third kappa shape index (κ3) is 2.59. The number of aliphatic hydroxyl groups is 1. The summed E-state index contributed by atoms with van der Waals surface area (Å²) in [6.07, 6.45) is 4.21. The van der Waals surface area contributed by atoms with Crippen molar-refractivity contribution in [3.63, 3.8) is 0 Å². The Morgan fingerprint density at radius 2 is 1.75 bits per heavy atom. The zero-order valence-corrected chi connectivity index (χ0v) is 11.2. The highest BCUT2D eigenvalue weighted by atomic mass is 32.1. The summed E-state index contributed by atoms with van der Waals surface area (Å²) in [7, 11) is 0. The summed E-state index contributed by atoms with van der Waals surface area (Å²) in [4.78, 5) is 8.95. The Hall–Kier alpha value is -2.11. The summed E-state index contributed by atoms with van der Waals surface area (Å²) < 4.78 is 12.9. The minimum atomic E-state index is -0.718. The number of benzene rings is 1. The first-order chi connectivity index (χ1) is 9.74. The largest absolute Gasteiger partial charge is 0.383 e. The molecule has 0 saturated carbocycles. The monoisotopic (exact) mass is 286 g/mol. The summed E-state index contributed by atoms with van der Waals surface area (Å²) in [5.41, 5.74) is 1.61. The van der Waals surface area contributed by atoms with Gasteiger partial charge in [0.25, 0.3) is 0 Å². The first-order valence-corrected chi connectivity index (χ1v) is 6.85. The molecule has 1 unspecified atom stereocenters. The molecule has 0 fully saturated rings. The van der Waals surface area contributed by atoms with Gasteiger partial charge in [0.05, 0.1) is 4.88 Å². The van der Waals surface area contributed by atoms with Crippen LogP contribution in [0.1, 0.15) is 16.5 Å². The molecule has 0 spiro atoms. The van der Waals surface area contributed by atoms with Crippen LogP contribution in [0.3, 0.4) is 0 Å². The predicted octanol–water partition coefficient (Wildman–Crippen LogP) is 3.43. The number of hydrogen-bond acceptors (Lipinski definition) is 4. The number of pyridine rings is 1. The second kappa shape index (κ2) is 5.48. The number of rotatable bonds is 3. The maximum atomic E-state index is 12.9. The van der Waals surface area contributed by atoms with E-state index in [2.05, 4.69) is 9.97 Å². The molecule has 3 rings (SSSR count). The van der Waals surface area contributed by atoms with E-state index in [9.17, 15) is 9.50 Å². The predicted molar refractivity (Wildman–Crippen MR) is 75.8 cm³/mol. The number of halogens is 1. The number of hydrogen-bond donors (Lipinski definition) is 1. The SMILES string of the molecule is OC(c1ccncc1)c1cnc(-c2ccc(F)cc2)s1. The van der Waals surface area contributed by atoms with Gasteiger partial charge in [0, 0.05) is 24.2 Å². The average molecular weight is 286 g/mol. The fraction of sp³-hybridized carbons (Fsp3) is 0.0667. The molecule has 0 aliphatic carbocycles. The van der Waals surface area contributed by atoms with E-state index in [-0.39, 0.29) is 5.82 Å². The first-order valence-electron chi connectivity index (χ1n) is 6.04. The van der Waals surface area contributed by atoms with Crippen LogP contribution < -0.4 is 0 Å². The fourth-order valence-corrected chi connectivity index (χ4v) is 2.78. The van der Waals surface area contributed by atoms with Crippen LogP contribution in [0.5, 0.6) is 0 Å². The molecule has 1 aromatic carbocycles. The molecule has 1 atom stereocenters. The van der Waals surface area contributed by atoms with Crippen LogP contribution in [0.4, 0.5) is 4.39 Å². The van der Waals surface area contributed by atoms with Gasteiger partial charge in [0.2, 0.25) is 0 Å². The minimum absolute atomic E-state index is 0.276. The Bertz CT molecular complexity index is 697. The highest BCUT2D eigenvalue weighted by molar-refractivity contribution is 7.15. The molecule has 2 aromatic heterocycles. The van der Waals surface area contributed by atoms with Crippen molar-refractivity contribution in [2.75, 3.05) is 0 Å². The summed E-state index contributed by atoms with van der Waals surface area (Å²) in [5, 5.41) is 11.0. The quantitative estimate of drug-likeness (QED) is 0.802. The van der Waals surface area contributed by atoms with E-state index < -0.39 is 6.10 Å². The van der Waals surface area contributed by atoms with E-state index >= 15 is 0 Å². The molecule has 2 heterocycles. The van der Waals surface area contributed by atoms with Gasteiger partial charge in [-0.3, -0.25) is 4.98 Å². The molecule has 0 saturated heterocycles. The van der Waals surface area contributed by atoms with Gasteiger partial charge in [-0.05, 0) is 42.0 Å². The van der Waals surface area contributed by atoms with Gasteiger partial charge in [0.1, 0.15) is 16.9 Å². The van der Waals surface area contributed by atoms with Crippen LogP contribution in [0.2, 0.25) is 0 Å². The van der Waals surface area contributed by atoms with E-state index in [1.165, 1.54) is 23.5 Å². The standard InChI is InChI=1S/C15H11FN2OS/c16-12-3-1-11(2-4-12)15-18-9-13(20-15)14(19)10-5-7-17-8-6-10/h1-9,14,19H. The van der Waals surface area contributed by atoms with Gasteiger partial charge in [-0.1, -0.05) is 0 Å². The summed E-state index contributed by atoms with van der Waals surface area (Å²) in [6.45, 7) is 0. The molecule has 0 amide bonds. The Labute approximate surface area is 119 Å². The third-order valence-electron chi connectivity index (χ3n) is 2.91. The van der Waals surface area contributed by atoms with Crippen molar-refractivity contribution in [1.82, 2.24) is 9.97 Å². The fourth-order valence-electron chi connectivity index (χ4n) is 1.85. The lowest BCUT2D eigenvalue weighted by Crippen LogP contribution is -1.96. The maximum absolute atomic E-state index is 12.9. The van der Waals surface area contributed by atoms with Crippen molar-refractivity contribution in [2.24, 2.45) is 0 Å². The molecule has 100 valence electrons. The normalized spacial score (nSPS) is 12.3. The number of aromatic nitrogens is 2. The Balaban J connectivity index is 1.89. The third-order valence-corrected chi connectivity index (χ3v) is 4.00. The molecule has 0 aliphatic rings. The van der Waals surface area contributed by atoms with Crippen LogP contribution in [0, 0.1) is 5.82 Å². The Kier molecular flexibility index (Phi) is 3.54. The highest BCUT2D eigenvalue weighted by Gasteiger charge is 2.14. The molecule has 3 aromatic rings. The molecule has 3 nitrogen and oxygen atoms in total. The number of aliphatic hydroxyl groups excluding tert-OH is 1. The van der Waals surface area contributed by atoms with Gasteiger partial charge >= 0.3 is 0 Å². The zero-order valence-electron chi connectivity index (χ0n) is 10.4. The lowest BCUT2D eigenvalue weighted by Gasteiger charge is -2.06. The van der Waals surface area contributed by atoms with Crippen LogP contribution in [0.15, 0.2) is 55.0 Å². The van der Waals surface area contributed by atoms with Crippen molar-refractivity contribution >= 4 is 11.3 Å². The second-order valence-corrected chi connectivity index (χ2v) is 5.32. The molecule has 0 bridgehead atoms. The first kappa shape index (κ1) is 12.9. The van der Waals surface area contributed by atoms with E-state index in [0.29, 0.717) is 0 Å². The lowest BCUT2D eigenvalue weighted by molar-refractivity contribution is 0.224. The summed E-state index contributed by atoms with van der Waals surface area (Å²) in [5.74, 6) is -0.276. The molecular formula is C15H11FN2OS. The van der Waals surface area contributed by atoms with E-state index in [4.69, 9.17) is 0 Å². The highest BCUT2D eigenvalue weighted by Crippen LogP contribution is 2.31. The summed E-state index contributed by atoms with van der Waals surface area (Å²) >= 11 is 1.39. The molecular weight excluding hydrogens is 275 g/mol. The minimum Gasteiger partial charge on any atom is -0.383 e. The Morgan fingerprint density at radius 3 is 2.45 bits per heavy atom. The second-order valence-electron chi connectivity index (χ2n) is 4.26. The Morgan fingerprint density at radius 1 is 1.05 bits per heavy atom. The maximum Gasteiger partial charge on any atom is 0.123 e. The lowest BCUT2D eigenvalue weighted by atomic mass is 10.1. The van der Waals surface area contributed by atoms with Crippen molar-refractivity contribution in [2.45, 2.75) is 6.10 Å². The van der Waals surface area contributed by atoms with Crippen molar-refractivity contribution in [1.29, 1.82) is 0 Å². The van der Waals surface area contributed by atoms with Gasteiger partial charge in [0.15, 0.2) is 0 Å². The van der Waals surface area contributed by atoms with E-state index in [0.717, 1.165) is 21.0 Å². The molecule has 5 heteroatoms. The molecule has 20 heavy (non-hydrogen) atoms. The van der Waals surface area contributed by atoms with Crippen molar-refractivity contribution in [3.8, 4) is 10.6 Å². The number of nitrogens with zero attached hydrogens (tertiary/aromatic N) is 2. The van der Waals surface area contributed by atoms with Crippen LogP contribution in [0.25, 0.3) is 10.6 Å². The number of thiazole rings is 1. The molecule has 0 radical (unpaired) electrons. The van der Waals surface area contributed by atoms with Gasteiger partial charge in [-0.2, -0.15) is 0 Å². The van der Waals surface area contributed by atoms with E-state index in [1.54, 1.807) is 42.9 Å². The van der Waals surface area contributed by atoms with Crippen molar-refractivity contribution < 1.29 is 9.50 Å². The topological polar surface area (TPSA) is 46.0 Å². The van der Waals surface area contributed by atoms with Crippen molar-refractivity contribution in [3.05, 3.63) is 71.2 Å².